The zero-order chi connectivity index (χ0) is 28.0. The average molecular weight is 527 g/mol. The first-order chi connectivity index (χ1) is 18.6. The summed E-state index contributed by atoms with van der Waals surface area (Å²) in [6.45, 7) is 11.0. The first-order valence-corrected chi connectivity index (χ1v) is 13.8. The molecular weight excluding hydrogens is 480 g/mol. The van der Waals surface area contributed by atoms with E-state index in [4.69, 9.17) is 19.5 Å². The topological polar surface area (TPSA) is 82.1 Å². The summed E-state index contributed by atoms with van der Waals surface area (Å²) in [4.78, 5) is 24.5. The number of esters is 1. The Morgan fingerprint density at radius 2 is 1.39 bits per heavy atom. The third-order valence-electron chi connectivity index (χ3n) is 6.55. The highest BCUT2D eigenvalue weighted by Gasteiger charge is 2.09. The Balaban J connectivity index is 0.00000352. The molecule has 2 aromatic carbocycles. The normalized spacial score (nSPS) is 12.1. The van der Waals surface area contributed by atoms with Gasteiger partial charge in [0.15, 0.2) is 0 Å². The van der Waals surface area contributed by atoms with Crippen molar-refractivity contribution >= 4 is 12.8 Å². The smallest absolute Gasteiger partial charge is 0.338 e. The number of benzene rings is 2. The van der Waals surface area contributed by atoms with Crippen LogP contribution in [0.5, 0.6) is 5.75 Å². The highest BCUT2D eigenvalue weighted by molar-refractivity contribution is 5.90. The largest absolute Gasteiger partial charge is 0.494 e. The predicted molar refractivity (Wildman–Crippen MR) is 153 cm³/mol. The van der Waals surface area contributed by atoms with Gasteiger partial charge in [-0.3, -0.25) is 5.26 Å². The SMILES string of the molecule is C=CC(CCCCCCCCCCOc1ccc(-c2ccc(C(=O)OCC(C)CC)cc2)cc1)OO.C=O. The lowest BCUT2D eigenvalue weighted by atomic mass is 10.0. The number of ether oxygens (including phenoxy) is 2. The minimum atomic E-state index is -0.266. The molecule has 0 fully saturated rings. The molecular formula is C32H46O6. The summed E-state index contributed by atoms with van der Waals surface area (Å²) in [7, 11) is 0. The molecule has 0 spiro atoms. The minimum absolute atomic E-state index is 0.232. The number of rotatable bonds is 19. The van der Waals surface area contributed by atoms with Gasteiger partial charge in [0.2, 0.25) is 0 Å². The van der Waals surface area contributed by atoms with Gasteiger partial charge in [0.25, 0.3) is 0 Å². The van der Waals surface area contributed by atoms with Crippen LogP contribution < -0.4 is 4.74 Å². The molecule has 0 saturated heterocycles. The Kier molecular flexibility index (Phi) is 18.3. The van der Waals surface area contributed by atoms with Gasteiger partial charge in [0.1, 0.15) is 18.6 Å². The zero-order valence-corrected chi connectivity index (χ0v) is 23.2. The first kappa shape index (κ1) is 33.1. The van der Waals surface area contributed by atoms with Gasteiger partial charge in [-0.15, -0.1) is 6.58 Å². The Morgan fingerprint density at radius 3 is 1.92 bits per heavy atom. The standard InChI is InChI=1S/C31H44O5.CH2O/c1-4-25(3)24-35-31(32)28-17-15-26(16-18-28)27-19-21-30(22-20-27)34-23-13-11-9-7-6-8-10-12-14-29(5-2)36-33;1-2/h5,15-22,25,29,33H,2,4,6-14,23-24H2,1,3H3;1H2. The molecule has 38 heavy (non-hydrogen) atoms. The first-order valence-electron chi connectivity index (χ1n) is 13.8. The van der Waals surface area contributed by atoms with Crippen LogP contribution >= 0.6 is 0 Å². The van der Waals surface area contributed by atoms with Gasteiger partial charge in [-0.25, -0.2) is 9.68 Å². The maximum Gasteiger partial charge on any atom is 0.338 e. The number of hydrogen-bond acceptors (Lipinski definition) is 6. The van der Waals surface area contributed by atoms with Crippen molar-refractivity contribution in [2.24, 2.45) is 5.92 Å². The fraction of sp³-hybridized carbons (Fsp3) is 0.500. The van der Waals surface area contributed by atoms with Crippen LogP contribution in [0.15, 0.2) is 61.2 Å². The van der Waals surface area contributed by atoms with Crippen molar-refractivity contribution in [3.05, 3.63) is 66.7 Å². The van der Waals surface area contributed by atoms with E-state index in [1.807, 2.05) is 43.2 Å². The fourth-order valence-corrected chi connectivity index (χ4v) is 3.87. The molecule has 210 valence electrons. The van der Waals surface area contributed by atoms with Crippen molar-refractivity contribution in [1.29, 1.82) is 0 Å². The molecule has 0 saturated carbocycles. The van der Waals surface area contributed by atoms with Crippen molar-refractivity contribution in [2.45, 2.75) is 84.2 Å². The highest BCUT2D eigenvalue weighted by atomic mass is 17.1. The van der Waals surface area contributed by atoms with Gasteiger partial charge in [0.05, 0.1) is 18.8 Å². The van der Waals surface area contributed by atoms with E-state index in [1.54, 1.807) is 6.08 Å². The van der Waals surface area contributed by atoms with Crippen LogP contribution in [-0.4, -0.2) is 37.3 Å². The molecule has 0 heterocycles. The van der Waals surface area contributed by atoms with Crippen LogP contribution in [-0.2, 0) is 14.4 Å². The molecule has 0 aliphatic heterocycles. The van der Waals surface area contributed by atoms with Crippen molar-refractivity contribution in [1.82, 2.24) is 0 Å². The highest BCUT2D eigenvalue weighted by Crippen LogP contribution is 2.23. The van der Waals surface area contributed by atoms with E-state index in [0.717, 1.165) is 49.2 Å². The molecule has 6 nitrogen and oxygen atoms in total. The summed E-state index contributed by atoms with van der Waals surface area (Å²) >= 11 is 0. The summed E-state index contributed by atoms with van der Waals surface area (Å²) in [6.07, 6.45) is 12.7. The monoisotopic (exact) mass is 526 g/mol. The second kappa shape index (κ2) is 21.0. The number of carbonyl (C=O) groups excluding carboxylic acids is 2. The van der Waals surface area contributed by atoms with Crippen LogP contribution in [0.3, 0.4) is 0 Å². The second-order valence-electron chi connectivity index (χ2n) is 9.56. The van der Waals surface area contributed by atoms with E-state index in [1.165, 1.54) is 38.5 Å². The molecule has 2 rings (SSSR count). The van der Waals surface area contributed by atoms with E-state index in [2.05, 4.69) is 37.4 Å². The lowest BCUT2D eigenvalue weighted by Gasteiger charge is -2.10. The predicted octanol–water partition coefficient (Wildman–Crippen LogP) is 8.31. The van der Waals surface area contributed by atoms with E-state index >= 15 is 0 Å². The van der Waals surface area contributed by atoms with Crippen LogP contribution in [0.25, 0.3) is 11.1 Å². The fourth-order valence-electron chi connectivity index (χ4n) is 3.87. The summed E-state index contributed by atoms with van der Waals surface area (Å²) in [5, 5.41) is 8.66. The van der Waals surface area contributed by atoms with Crippen molar-refractivity contribution < 1.29 is 29.2 Å². The van der Waals surface area contributed by atoms with E-state index in [-0.39, 0.29) is 12.1 Å². The summed E-state index contributed by atoms with van der Waals surface area (Å²) in [6, 6.07) is 15.7. The Labute approximate surface area is 228 Å². The third kappa shape index (κ3) is 13.5. The van der Waals surface area contributed by atoms with Crippen LogP contribution in [0.2, 0.25) is 0 Å². The van der Waals surface area contributed by atoms with Gasteiger partial charge < -0.3 is 14.3 Å². The number of unbranched alkanes of at least 4 members (excludes halogenated alkanes) is 7. The number of carbonyl (C=O) groups is 2. The average Bonchev–Trinajstić information content (AvgIpc) is 2.97. The maximum absolute atomic E-state index is 12.2. The van der Waals surface area contributed by atoms with Crippen molar-refractivity contribution in [3.63, 3.8) is 0 Å². The summed E-state index contributed by atoms with van der Waals surface area (Å²) < 4.78 is 11.3. The lowest BCUT2D eigenvalue weighted by molar-refractivity contribution is -0.267. The van der Waals surface area contributed by atoms with Gasteiger partial charge in [-0.05, 0) is 54.2 Å². The molecule has 0 bridgehead atoms. The van der Waals surface area contributed by atoms with E-state index in [0.29, 0.717) is 18.1 Å². The van der Waals surface area contributed by atoms with Gasteiger partial charge in [0, 0.05) is 0 Å². The molecule has 1 N–H and O–H groups in total. The molecule has 0 aliphatic rings. The maximum atomic E-state index is 12.2. The van der Waals surface area contributed by atoms with Crippen molar-refractivity contribution in [2.75, 3.05) is 13.2 Å². The van der Waals surface area contributed by atoms with Crippen LogP contribution in [0.1, 0.15) is 88.4 Å². The Bertz CT molecular complexity index is 878. The van der Waals surface area contributed by atoms with E-state index < -0.39 is 0 Å². The molecule has 2 atom stereocenters. The molecule has 0 aliphatic carbocycles. The van der Waals surface area contributed by atoms with Crippen LogP contribution in [0, 0.1) is 5.92 Å². The molecule has 0 aromatic heterocycles. The van der Waals surface area contributed by atoms with Gasteiger partial charge in [-0.1, -0.05) is 95.6 Å². The number of hydrogen-bond donors (Lipinski definition) is 1. The Hall–Kier alpha value is -2.96. The molecule has 6 heteroatoms. The third-order valence-corrected chi connectivity index (χ3v) is 6.55. The van der Waals surface area contributed by atoms with Gasteiger partial charge in [-0.2, -0.15) is 0 Å². The van der Waals surface area contributed by atoms with E-state index in [9.17, 15) is 4.79 Å². The minimum Gasteiger partial charge on any atom is -0.494 e. The molecule has 0 amide bonds. The Morgan fingerprint density at radius 1 is 0.868 bits per heavy atom. The molecule has 2 aromatic rings. The zero-order valence-electron chi connectivity index (χ0n) is 23.2. The summed E-state index contributed by atoms with van der Waals surface area (Å²) in [5.41, 5.74) is 2.73. The van der Waals surface area contributed by atoms with Crippen molar-refractivity contribution in [3.8, 4) is 16.9 Å². The van der Waals surface area contributed by atoms with Gasteiger partial charge >= 0.3 is 5.97 Å². The second-order valence-corrected chi connectivity index (χ2v) is 9.56. The molecule has 2 unspecified atom stereocenters. The summed E-state index contributed by atoms with van der Waals surface area (Å²) in [5.74, 6) is 0.992. The quantitative estimate of drug-likeness (QED) is 0.0652. The lowest BCUT2D eigenvalue weighted by Crippen LogP contribution is -2.11. The van der Waals surface area contributed by atoms with Crippen LogP contribution in [0.4, 0.5) is 0 Å². The molecule has 0 radical (unpaired) electrons.